The summed E-state index contributed by atoms with van der Waals surface area (Å²) in [6, 6.07) is 11.5. The standard InChI is InChI=1S/C21H23BrN2O4/c1-5-27-16-9-6-12(22)10-15(16)18-14-8-7-13(24(2)3)11-17(14)28-20(23)19(18)21(25)26-4/h6-11,18H,5,23H2,1-4H3/t18-/m0/s1. The third kappa shape index (κ3) is 3.67. The van der Waals surface area contributed by atoms with E-state index < -0.39 is 11.9 Å². The number of nitrogens with two attached hydrogens (primary N) is 1. The predicted octanol–water partition coefficient (Wildman–Crippen LogP) is 3.78. The van der Waals surface area contributed by atoms with Gasteiger partial charge in [-0.1, -0.05) is 22.0 Å². The van der Waals surface area contributed by atoms with Crippen LogP contribution in [0.15, 0.2) is 52.3 Å². The van der Waals surface area contributed by atoms with Crippen molar-refractivity contribution in [2.45, 2.75) is 12.8 Å². The molecule has 7 heteroatoms. The second-order valence-corrected chi connectivity index (χ2v) is 7.45. The van der Waals surface area contributed by atoms with Crippen molar-refractivity contribution in [3.63, 3.8) is 0 Å². The molecule has 6 nitrogen and oxygen atoms in total. The summed E-state index contributed by atoms with van der Waals surface area (Å²) in [4.78, 5) is 14.6. The third-order valence-corrected chi connectivity index (χ3v) is 5.08. The van der Waals surface area contributed by atoms with Crippen molar-refractivity contribution in [1.29, 1.82) is 0 Å². The second kappa shape index (κ2) is 8.14. The van der Waals surface area contributed by atoms with Crippen LogP contribution in [-0.2, 0) is 9.53 Å². The highest BCUT2D eigenvalue weighted by Gasteiger charge is 2.37. The molecule has 1 aliphatic heterocycles. The molecule has 0 radical (unpaired) electrons. The van der Waals surface area contributed by atoms with Gasteiger partial charge in [-0.25, -0.2) is 4.79 Å². The fraction of sp³-hybridized carbons (Fsp3) is 0.286. The Morgan fingerprint density at radius 3 is 2.61 bits per heavy atom. The van der Waals surface area contributed by atoms with Crippen LogP contribution in [0.3, 0.4) is 0 Å². The Labute approximate surface area is 173 Å². The van der Waals surface area contributed by atoms with Gasteiger partial charge in [-0.2, -0.15) is 0 Å². The number of benzene rings is 2. The third-order valence-electron chi connectivity index (χ3n) is 4.59. The highest BCUT2D eigenvalue weighted by molar-refractivity contribution is 9.10. The molecule has 1 atom stereocenters. The molecule has 1 aliphatic rings. The van der Waals surface area contributed by atoms with Crippen LogP contribution in [-0.4, -0.2) is 33.8 Å². The van der Waals surface area contributed by atoms with E-state index in [0.717, 1.165) is 21.3 Å². The molecule has 0 fully saturated rings. The number of fused-ring (bicyclic) bond motifs is 1. The summed E-state index contributed by atoms with van der Waals surface area (Å²) in [7, 11) is 5.22. The lowest BCUT2D eigenvalue weighted by atomic mass is 9.82. The van der Waals surface area contributed by atoms with Crippen LogP contribution in [0.1, 0.15) is 24.0 Å². The van der Waals surface area contributed by atoms with Gasteiger partial charge >= 0.3 is 5.97 Å². The Balaban J connectivity index is 2.27. The number of hydrogen-bond donors (Lipinski definition) is 1. The van der Waals surface area contributed by atoms with Crippen LogP contribution in [0.4, 0.5) is 5.69 Å². The van der Waals surface area contributed by atoms with Gasteiger partial charge in [0.25, 0.3) is 0 Å². The minimum absolute atomic E-state index is 0.0303. The van der Waals surface area contributed by atoms with E-state index in [-0.39, 0.29) is 11.5 Å². The van der Waals surface area contributed by atoms with Crippen LogP contribution in [0, 0.1) is 0 Å². The summed E-state index contributed by atoms with van der Waals surface area (Å²) in [5.41, 5.74) is 9.02. The van der Waals surface area contributed by atoms with Gasteiger partial charge in [-0.05, 0) is 31.2 Å². The number of methoxy groups -OCH3 is 1. The summed E-state index contributed by atoms with van der Waals surface area (Å²) in [5.74, 6) is 0.291. The normalized spacial score (nSPS) is 15.5. The summed E-state index contributed by atoms with van der Waals surface area (Å²) >= 11 is 3.52. The Morgan fingerprint density at radius 2 is 1.96 bits per heavy atom. The zero-order valence-corrected chi connectivity index (χ0v) is 17.9. The molecule has 0 aliphatic carbocycles. The van der Waals surface area contributed by atoms with Gasteiger partial charge in [0, 0.05) is 41.4 Å². The zero-order chi connectivity index (χ0) is 20.4. The largest absolute Gasteiger partial charge is 0.494 e. The molecule has 28 heavy (non-hydrogen) atoms. The molecule has 0 saturated heterocycles. The number of nitrogens with zero attached hydrogens (tertiary/aromatic N) is 1. The molecule has 148 valence electrons. The molecule has 0 aromatic heterocycles. The van der Waals surface area contributed by atoms with Gasteiger partial charge in [0.15, 0.2) is 0 Å². The van der Waals surface area contributed by atoms with Crippen molar-refractivity contribution in [2.24, 2.45) is 5.73 Å². The first-order chi connectivity index (χ1) is 13.4. The number of carbonyl (C=O) groups excluding carboxylic acids is 1. The number of rotatable bonds is 5. The molecule has 1 heterocycles. The van der Waals surface area contributed by atoms with Crippen LogP contribution in [0.5, 0.6) is 11.5 Å². The average molecular weight is 447 g/mol. The molecule has 0 bridgehead atoms. The molecule has 2 aromatic rings. The first kappa shape index (κ1) is 20.1. The molecular formula is C21H23BrN2O4. The van der Waals surface area contributed by atoms with Gasteiger partial charge in [0.05, 0.1) is 19.6 Å². The smallest absolute Gasteiger partial charge is 0.340 e. The van der Waals surface area contributed by atoms with E-state index in [1.807, 2.05) is 62.3 Å². The van der Waals surface area contributed by atoms with Gasteiger partial charge in [-0.3, -0.25) is 0 Å². The summed E-state index contributed by atoms with van der Waals surface area (Å²) < 4.78 is 17.5. The highest BCUT2D eigenvalue weighted by Crippen LogP contribution is 2.47. The van der Waals surface area contributed by atoms with E-state index in [2.05, 4.69) is 15.9 Å². The highest BCUT2D eigenvalue weighted by atomic mass is 79.9. The van der Waals surface area contributed by atoms with Crippen molar-refractivity contribution in [3.8, 4) is 11.5 Å². The van der Waals surface area contributed by atoms with Gasteiger partial charge in [0.2, 0.25) is 5.88 Å². The number of anilines is 1. The lowest BCUT2D eigenvalue weighted by molar-refractivity contribution is -0.136. The van der Waals surface area contributed by atoms with Crippen LogP contribution in [0.25, 0.3) is 0 Å². The second-order valence-electron chi connectivity index (χ2n) is 6.54. The maximum absolute atomic E-state index is 12.6. The number of halogens is 1. The lowest BCUT2D eigenvalue weighted by Crippen LogP contribution is -2.27. The maximum Gasteiger partial charge on any atom is 0.340 e. The SMILES string of the molecule is CCOc1ccc(Br)cc1[C@H]1C(C(=O)OC)=C(N)Oc2cc(N(C)C)ccc21. The van der Waals surface area contributed by atoms with Crippen molar-refractivity contribution in [3.05, 3.63) is 63.5 Å². The van der Waals surface area contributed by atoms with Crippen LogP contribution < -0.4 is 20.1 Å². The minimum Gasteiger partial charge on any atom is -0.494 e. The first-order valence-electron chi connectivity index (χ1n) is 8.86. The number of hydrogen-bond acceptors (Lipinski definition) is 6. The Morgan fingerprint density at radius 1 is 1.21 bits per heavy atom. The van der Waals surface area contributed by atoms with Gasteiger partial charge < -0.3 is 24.8 Å². The lowest BCUT2D eigenvalue weighted by Gasteiger charge is -2.30. The Kier molecular flexibility index (Phi) is 5.84. The minimum atomic E-state index is -0.535. The van der Waals surface area contributed by atoms with Crippen molar-refractivity contribution < 1.29 is 19.0 Å². The monoisotopic (exact) mass is 446 g/mol. The van der Waals surface area contributed by atoms with Crippen molar-refractivity contribution in [1.82, 2.24) is 0 Å². The van der Waals surface area contributed by atoms with E-state index in [0.29, 0.717) is 18.1 Å². The van der Waals surface area contributed by atoms with Gasteiger partial charge in [0.1, 0.15) is 17.1 Å². The fourth-order valence-corrected chi connectivity index (χ4v) is 3.66. The fourth-order valence-electron chi connectivity index (χ4n) is 3.28. The maximum atomic E-state index is 12.6. The Hall–Kier alpha value is -2.67. The van der Waals surface area contributed by atoms with Gasteiger partial charge in [-0.15, -0.1) is 0 Å². The van der Waals surface area contributed by atoms with Crippen molar-refractivity contribution in [2.75, 3.05) is 32.7 Å². The topological polar surface area (TPSA) is 74.0 Å². The van der Waals surface area contributed by atoms with E-state index in [1.165, 1.54) is 7.11 Å². The molecule has 2 N–H and O–H groups in total. The predicted molar refractivity (Wildman–Crippen MR) is 112 cm³/mol. The zero-order valence-electron chi connectivity index (χ0n) is 16.3. The molecule has 2 aromatic carbocycles. The number of ether oxygens (including phenoxy) is 3. The van der Waals surface area contributed by atoms with E-state index in [4.69, 9.17) is 19.9 Å². The van der Waals surface area contributed by atoms with E-state index in [9.17, 15) is 4.79 Å². The summed E-state index contributed by atoms with van der Waals surface area (Å²) in [5, 5.41) is 0. The Bertz CT molecular complexity index is 940. The molecule has 0 saturated carbocycles. The van der Waals surface area contributed by atoms with Crippen LogP contribution in [0.2, 0.25) is 0 Å². The number of esters is 1. The molecular weight excluding hydrogens is 424 g/mol. The molecule has 3 rings (SSSR count). The first-order valence-corrected chi connectivity index (χ1v) is 9.66. The molecule has 0 unspecified atom stereocenters. The van der Waals surface area contributed by atoms with E-state index in [1.54, 1.807) is 0 Å². The summed E-state index contributed by atoms with van der Waals surface area (Å²) in [6.07, 6.45) is 0. The van der Waals surface area contributed by atoms with Crippen LogP contribution >= 0.6 is 15.9 Å². The summed E-state index contributed by atoms with van der Waals surface area (Å²) in [6.45, 7) is 2.41. The molecule has 0 amide bonds. The quantitative estimate of drug-likeness (QED) is 0.704. The molecule has 0 spiro atoms. The van der Waals surface area contributed by atoms with Crippen molar-refractivity contribution >= 4 is 27.6 Å². The average Bonchev–Trinajstić information content (AvgIpc) is 2.67. The number of carbonyl (C=O) groups is 1. The van der Waals surface area contributed by atoms with E-state index >= 15 is 0 Å².